The van der Waals surface area contributed by atoms with Crippen molar-refractivity contribution in [3.63, 3.8) is 0 Å². The molecule has 2 rings (SSSR count). The van der Waals surface area contributed by atoms with Crippen molar-refractivity contribution >= 4 is 5.96 Å². The third-order valence-corrected chi connectivity index (χ3v) is 5.40. The Morgan fingerprint density at radius 3 is 2.67 bits per heavy atom. The molecule has 1 aliphatic rings. The lowest BCUT2D eigenvalue weighted by Crippen LogP contribution is -2.47. The maximum Gasteiger partial charge on any atom is 0.191 e. The molecule has 154 valence electrons. The topological polar surface area (TPSA) is 85.6 Å². The lowest BCUT2D eigenvalue weighted by atomic mass is 9.67. The van der Waals surface area contributed by atoms with Gasteiger partial charge in [0.15, 0.2) is 11.8 Å². The van der Waals surface area contributed by atoms with Crippen LogP contribution in [0.25, 0.3) is 0 Å². The van der Waals surface area contributed by atoms with Gasteiger partial charge in [-0.05, 0) is 44.9 Å². The first-order chi connectivity index (χ1) is 13.1. The van der Waals surface area contributed by atoms with Crippen LogP contribution in [0.15, 0.2) is 4.99 Å². The van der Waals surface area contributed by atoms with Gasteiger partial charge in [0.05, 0.1) is 0 Å². The van der Waals surface area contributed by atoms with Crippen LogP contribution in [0.1, 0.15) is 50.7 Å². The summed E-state index contributed by atoms with van der Waals surface area (Å²) in [6.45, 7) is 8.55. The molecule has 0 radical (unpaired) electrons. The molecule has 8 heteroatoms. The minimum Gasteiger partial charge on any atom is -0.385 e. The molecule has 8 nitrogen and oxygen atoms in total. The average Bonchev–Trinajstić information content (AvgIpc) is 2.96. The highest BCUT2D eigenvalue weighted by atomic mass is 16.5. The van der Waals surface area contributed by atoms with Gasteiger partial charge in [-0.3, -0.25) is 0 Å². The van der Waals surface area contributed by atoms with E-state index in [4.69, 9.17) is 14.5 Å². The first kappa shape index (κ1) is 21.6. The number of guanidine groups is 1. The molecule has 2 N–H and O–H groups in total. The summed E-state index contributed by atoms with van der Waals surface area (Å²) in [5.41, 5.74) is 0.338. The number of rotatable bonds is 12. The van der Waals surface area contributed by atoms with Crippen LogP contribution in [0, 0.1) is 12.3 Å². The minimum absolute atomic E-state index is 0.338. The molecule has 1 aliphatic carbocycles. The van der Waals surface area contributed by atoms with E-state index in [-0.39, 0.29) is 0 Å². The Bertz CT molecular complexity index is 583. The molecule has 1 aromatic rings. The number of aliphatic imine (C=N–C) groups is 1. The zero-order valence-corrected chi connectivity index (χ0v) is 17.4. The lowest BCUT2D eigenvalue weighted by molar-refractivity contribution is 0.0732. The van der Waals surface area contributed by atoms with E-state index in [1.54, 1.807) is 7.11 Å². The zero-order chi connectivity index (χ0) is 19.5. The molecule has 0 bridgehead atoms. The first-order valence-corrected chi connectivity index (χ1v) is 10.0. The molecular formula is C19H36N6O2. The van der Waals surface area contributed by atoms with Gasteiger partial charge in [0, 0.05) is 47.1 Å². The summed E-state index contributed by atoms with van der Waals surface area (Å²) in [7, 11) is 3.74. The van der Waals surface area contributed by atoms with Gasteiger partial charge in [0.2, 0.25) is 0 Å². The van der Waals surface area contributed by atoms with Gasteiger partial charge >= 0.3 is 0 Å². The maximum atomic E-state index is 5.41. The van der Waals surface area contributed by atoms with Gasteiger partial charge in [-0.1, -0.05) is 6.42 Å². The highest BCUT2D eigenvalue weighted by molar-refractivity contribution is 5.79. The minimum atomic E-state index is 0.338. The molecule has 1 heterocycles. The smallest absolute Gasteiger partial charge is 0.191 e. The van der Waals surface area contributed by atoms with Crippen LogP contribution in [-0.2, 0) is 23.1 Å². The predicted molar refractivity (Wildman–Crippen MR) is 107 cm³/mol. The fraction of sp³-hybridized carbons (Fsp3) is 0.842. The Hall–Kier alpha value is -1.67. The Morgan fingerprint density at radius 1 is 1.26 bits per heavy atom. The van der Waals surface area contributed by atoms with E-state index in [1.165, 1.54) is 19.3 Å². The number of methoxy groups -OCH3 is 1. The molecule has 1 saturated carbocycles. The van der Waals surface area contributed by atoms with E-state index in [2.05, 4.69) is 20.8 Å². The highest BCUT2D eigenvalue weighted by Crippen LogP contribution is 2.43. The number of hydrogen-bond donors (Lipinski definition) is 2. The summed E-state index contributed by atoms with van der Waals surface area (Å²) in [4.78, 5) is 4.73. The number of aryl methyl sites for hydroxylation is 1. The normalized spacial score (nSPS) is 16.2. The third-order valence-electron chi connectivity index (χ3n) is 5.40. The summed E-state index contributed by atoms with van der Waals surface area (Å²) in [6, 6.07) is 0. The van der Waals surface area contributed by atoms with Gasteiger partial charge in [0.25, 0.3) is 0 Å². The van der Waals surface area contributed by atoms with Crippen LogP contribution in [0.4, 0.5) is 0 Å². The Balaban J connectivity index is 1.91. The summed E-state index contributed by atoms with van der Waals surface area (Å²) < 4.78 is 12.7. The summed E-state index contributed by atoms with van der Waals surface area (Å²) in [6.07, 6.45) is 5.85. The Kier molecular flexibility index (Phi) is 9.00. The second-order valence-corrected chi connectivity index (χ2v) is 7.31. The van der Waals surface area contributed by atoms with Crippen LogP contribution < -0.4 is 10.6 Å². The number of ether oxygens (including phenoxy) is 2. The number of aromatic nitrogens is 3. The van der Waals surface area contributed by atoms with E-state index < -0.39 is 0 Å². The SMILES string of the molecule is CCOCCCNC(=NCc1nnc(C)n1C)NCC1(CCOC)CCC1. The number of hydrogen-bond acceptors (Lipinski definition) is 5. The van der Waals surface area contributed by atoms with Gasteiger partial charge in [-0.25, -0.2) is 4.99 Å². The van der Waals surface area contributed by atoms with Crippen LogP contribution in [-0.4, -0.2) is 60.7 Å². The molecule has 0 aromatic carbocycles. The van der Waals surface area contributed by atoms with Gasteiger partial charge in [-0.2, -0.15) is 0 Å². The predicted octanol–water partition coefficient (Wildman–Crippen LogP) is 1.79. The van der Waals surface area contributed by atoms with Crippen molar-refractivity contribution in [1.29, 1.82) is 0 Å². The second kappa shape index (κ2) is 11.2. The van der Waals surface area contributed by atoms with Crippen molar-refractivity contribution in [1.82, 2.24) is 25.4 Å². The Morgan fingerprint density at radius 2 is 2.07 bits per heavy atom. The van der Waals surface area contributed by atoms with E-state index in [0.717, 1.165) is 63.4 Å². The van der Waals surface area contributed by atoms with E-state index in [0.29, 0.717) is 12.0 Å². The molecule has 0 atom stereocenters. The van der Waals surface area contributed by atoms with Crippen molar-refractivity contribution in [3.8, 4) is 0 Å². The molecule has 0 unspecified atom stereocenters. The van der Waals surface area contributed by atoms with Crippen LogP contribution >= 0.6 is 0 Å². The summed E-state index contributed by atoms with van der Waals surface area (Å²) in [5.74, 6) is 2.59. The van der Waals surface area contributed by atoms with Crippen molar-refractivity contribution in [3.05, 3.63) is 11.6 Å². The largest absolute Gasteiger partial charge is 0.385 e. The molecule has 0 amide bonds. The second-order valence-electron chi connectivity index (χ2n) is 7.31. The standard InChI is InChI=1S/C19H36N6O2/c1-5-27-12-7-11-20-18(21-14-17-24-23-16(2)25(17)3)22-15-19(8-6-9-19)10-13-26-4/h5-15H2,1-4H3,(H2,20,21,22). The van der Waals surface area contributed by atoms with Crippen LogP contribution in [0.2, 0.25) is 0 Å². The van der Waals surface area contributed by atoms with Crippen LogP contribution in [0.3, 0.4) is 0 Å². The third kappa shape index (κ3) is 6.77. The van der Waals surface area contributed by atoms with Crippen molar-refractivity contribution in [2.24, 2.45) is 17.5 Å². The monoisotopic (exact) mass is 380 g/mol. The molecular weight excluding hydrogens is 344 g/mol. The zero-order valence-electron chi connectivity index (χ0n) is 17.4. The van der Waals surface area contributed by atoms with Gasteiger partial charge in [0.1, 0.15) is 12.4 Å². The quantitative estimate of drug-likeness (QED) is 0.327. The summed E-state index contributed by atoms with van der Waals surface area (Å²) in [5, 5.41) is 15.3. The number of nitrogens with one attached hydrogen (secondary N) is 2. The average molecular weight is 381 g/mol. The van der Waals surface area contributed by atoms with E-state index >= 15 is 0 Å². The van der Waals surface area contributed by atoms with Crippen molar-refractivity contribution in [2.45, 2.75) is 52.5 Å². The van der Waals surface area contributed by atoms with Gasteiger partial charge < -0.3 is 24.7 Å². The molecule has 1 aromatic heterocycles. The summed E-state index contributed by atoms with van der Waals surface area (Å²) >= 11 is 0. The number of nitrogens with zero attached hydrogens (tertiary/aromatic N) is 4. The lowest BCUT2D eigenvalue weighted by Gasteiger charge is -2.42. The van der Waals surface area contributed by atoms with Crippen molar-refractivity contribution in [2.75, 3.05) is 40.0 Å². The Labute approximate surface area is 163 Å². The van der Waals surface area contributed by atoms with E-state index in [9.17, 15) is 0 Å². The molecule has 0 aliphatic heterocycles. The molecule has 1 fully saturated rings. The molecule has 0 spiro atoms. The fourth-order valence-corrected chi connectivity index (χ4v) is 3.22. The fourth-order valence-electron chi connectivity index (χ4n) is 3.22. The first-order valence-electron chi connectivity index (χ1n) is 10.0. The molecule has 27 heavy (non-hydrogen) atoms. The van der Waals surface area contributed by atoms with E-state index in [1.807, 2.05) is 25.5 Å². The maximum absolute atomic E-state index is 5.41. The van der Waals surface area contributed by atoms with Gasteiger partial charge in [-0.15, -0.1) is 10.2 Å². The molecule has 0 saturated heterocycles. The van der Waals surface area contributed by atoms with Crippen molar-refractivity contribution < 1.29 is 9.47 Å². The highest BCUT2D eigenvalue weighted by Gasteiger charge is 2.36. The van der Waals surface area contributed by atoms with Crippen LogP contribution in [0.5, 0.6) is 0 Å².